The molecule has 0 fully saturated rings. The van der Waals surface area contributed by atoms with E-state index < -0.39 is 0 Å². The van der Waals surface area contributed by atoms with Crippen molar-refractivity contribution in [3.05, 3.63) is 41.5 Å². The number of nitrogens with one attached hydrogen (secondary N) is 1. The van der Waals surface area contributed by atoms with E-state index in [1.54, 1.807) is 30.3 Å². The first-order valence-electron chi connectivity index (χ1n) is 9.69. The highest BCUT2D eigenvalue weighted by molar-refractivity contribution is 6.09. The van der Waals surface area contributed by atoms with Gasteiger partial charge in [-0.1, -0.05) is 13.3 Å². The molecule has 1 N–H and O–H groups in total. The molecular formula is C22H25NO6. The van der Waals surface area contributed by atoms with Crippen molar-refractivity contribution >= 4 is 17.4 Å². The molecule has 0 aromatic heterocycles. The van der Waals surface area contributed by atoms with Gasteiger partial charge in [-0.15, -0.1) is 0 Å². The Labute approximate surface area is 169 Å². The van der Waals surface area contributed by atoms with Crippen molar-refractivity contribution in [1.82, 2.24) is 0 Å². The molecule has 0 bridgehead atoms. The maximum Gasteiger partial charge on any atom is 0.255 e. The fraction of sp³-hybridized carbons (Fsp3) is 0.364. The fourth-order valence-corrected chi connectivity index (χ4v) is 2.89. The summed E-state index contributed by atoms with van der Waals surface area (Å²) in [5.74, 6) is 1.53. The Morgan fingerprint density at radius 3 is 2.48 bits per heavy atom. The highest BCUT2D eigenvalue weighted by Gasteiger charge is 2.21. The summed E-state index contributed by atoms with van der Waals surface area (Å²) in [5.41, 5.74) is 1.11. The van der Waals surface area contributed by atoms with Gasteiger partial charge < -0.3 is 24.3 Å². The molecule has 2 aromatic carbocycles. The maximum atomic E-state index is 12.8. The number of hydrogen-bond donors (Lipinski definition) is 1. The van der Waals surface area contributed by atoms with Crippen LogP contribution >= 0.6 is 0 Å². The summed E-state index contributed by atoms with van der Waals surface area (Å²) < 4.78 is 22.1. The van der Waals surface area contributed by atoms with Gasteiger partial charge in [0.1, 0.15) is 0 Å². The van der Waals surface area contributed by atoms with Gasteiger partial charge in [-0.2, -0.15) is 0 Å². The second-order valence-corrected chi connectivity index (χ2v) is 6.56. The highest BCUT2D eigenvalue weighted by Crippen LogP contribution is 2.37. The minimum atomic E-state index is -0.368. The number of ketones is 1. The summed E-state index contributed by atoms with van der Waals surface area (Å²) in [5, 5.41) is 2.79. The lowest BCUT2D eigenvalue weighted by atomic mass is 10.1. The number of benzene rings is 2. The van der Waals surface area contributed by atoms with E-state index in [9.17, 15) is 9.59 Å². The van der Waals surface area contributed by atoms with E-state index >= 15 is 0 Å². The average molecular weight is 399 g/mol. The molecule has 0 aliphatic carbocycles. The smallest absolute Gasteiger partial charge is 0.255 e. The number of anilines is 1. The second kappa shape index (κ2) is 9.32. The third kappa shape index (κ3) is 4.80. The summed E-state index contributed by atoms with van der Waals surface area (Å²) in [7, 11) is 0. The van der Waals surface area contributed by atoms with E-state index in [0.29, 0.717) is 53.0 Å². The summed E-state index contributed by atoms with van der Waals surface area (Å²) in [6.45, 7) is 6.51. The molecular weight excluding hydrogens is 374 g/mol. The van der Waals surface area contributed by atoms with E-state index in [2.05, 4.69) is 12.2 Å². The van der Waals surface area contributed by atoms with Gasteiger partial charge in [-0.05, 0) is 44.5 Å². The number of unbranched alkanes of at least 4 members (excludes halogenated alkanes) is 1. The van der Waals surface area contributed by atoms with Crippen molar-refractivity contribution in [3.8, 4) is 23.0 Å². The molecule has 0 atom stereocenters. The van der Waals surface area contributed by atoms with Gasteiger partial charge in [0, 0.05) is 17.2 Å². The van der Waals surface area contributed by atoms with Crippen LogP contribution in [0.25, 0.3) is 0 Å². The number of hydrogen-bond acceptors (Lipinski definition) is 6. The monoisotopic (exact) mass is 399 g/mol. The molecule has 1 amide bonds. The topological polar surface area (TPSA) is 83.1 Å². The lowest BCUT2D eigenvalue weighted by Gasteiger charge is -2.14. The molecule has 1 heterocycles. The zero-order valence-corrected chi connectivity index (χ0v) is 16.9. The SMILES string of the molecule is CCCCOc1ccc(C(=O)Nc2cc3c(cc2C(C)=O)OCO3)cc1OCC. The molecule has 2 aromatic rings. The molecule has 154 valence electrons. The Hall–Kier alpha value is -3.22. The summed E-state index contributed by atoms with van der Waals surface area (Å²) in [4.78, 5) is 24.8. The van der Waals surface area contributed by atoms with Crippen LogP contribution in [0, 0.1) is 0 Å². The molecule has 0 radical (unpaired) electrons. The Balaban J connectivity index is 1.83. The van der Waals surface area contributed by atoms with Crippen LogP contribution in [-0.2, 0) is 0 Å². The predicted octanol–water partition coefficient (Wildman–Crippen LogP) is 4.45. The zero-order chi connectivity index (χ0) is 20.8. The van der Waals surface area contributed by atoms with Crippen molar-refractivity contribution in [2.45, 2.75) is 33.6 Å². The molecule has 0 saturated heterocycles. The van der Waals surface area contributed by atoms with Crippen LogP contribution < -0.4 is 24.3 Å². The normalized spacial score (nSPS) is 11.8. The number of carbonyl (C=O) groups excluding carboxylic acids is 2. The highest BCUT2D eigenvalue weighted by atomic mass is 16.7. The first-order chi connectivity index (χ1) is 14.0. The number of carbonyl (C=O) groups is 2. The lowest BCUT2D eigenvalue weighted by molar-refractivity contribution is 0.101. The van der Waals surface area contributed by atoms with Crippen LogP contribution in [0.4, 0.5) is 5.69 Å². The van der Waals surface area contributed by atoms with Gasteiger partial charge >= 0.3 is 0 Å². The van der Waals surface area contributed by atoms with Gasteiger partial charge in [-0.25, -0.2) is 0 Å². The first-order valence-corrected chi connectivity index (χ1v) is 9.69. The van der Waals surface area contributed by atoms with E-state index in [4.69, 9.17) is 18.9 Å². The van der Waals surface area contributed by atoms with E-state index in [1.807, 2.05) is 6.92 Å². The van der Waals surface area contributed by atoms with Gasteiger partial charge in [-0.3, -0.25) is 9.59 Å². The lowest BCUT2D eigenvalue weighted by Crippen LogP contribution is -2.15. The van der Waals surface area contributed by atoms with Crippen molar-refractivity contribution in [2.24, 2.45) is 0 Å². The van der Waals surface area contributed by atoms with Crippen LogP contribution in [0.1, 0.15) is 54.3 Å². The summed E-state index contributed by atoms with van der Waals surface area (Å²) in [6.07, 6.45) is 1.96. The standard InChI is InChI=1S/C22H25NO6/c1-4-6-9-27-18-8-7-15(10-19(18)26-5-2)22(25)23-17-12-21-20(28-13-29-21)11-16(17)14(3)24/h7-8,10-12H,4-6,9,13H2,1-3H3,(H,23,25). The number of amides is 1. The van der Waals surface area contributed by atoms with Crippen LogP contribution in [-0.4, -0.2) is 31.7 Å². The van der Waals surface area contributed by atoms with Crippen molar-refractivity contribution in [3.63, 3.8) is 0 Å². The Kier molecular flexibility index (Phi) is 6.59. The molecule has 7 heteroatoms. The molecule has 0 spiro atoms. The molecule has 3 rings (SSSR count). The van der Waals surface area contributed by atoms with Gasteiger partial charge in [0.25, 0.3) is 5.91 Å². The van der Waals surface area contributed by atoms with Gasteiger partial charge in [0.15, 0.2) is 28.8 Å². The minimum absolute atomic E-state index is 0.0846. The van der Waals surface area contributed by atoms with Crippen molar-refractivity contribution < 1.29 is 28.5 Å². The largest absolute Gasteiger partial charge is 0.490 e. The Bertz CT molecular complexity index is 908. The number of Topliss-reactive ketones (excluding diaryl/α,β-unsaturated/α-hetero) is 1. The molecule has 29 heavy (non-hydrogen) atoms. The summed E-state index contributed by atoms with van der Waals surface area (Å²) in [6, 6.07) is 8.21. The quantitative estimate of drug-likeness (QED) is 0.496. The molecule has 1 aliphatic heterocycles. The fourth-order valence-electron chi connectivity index (χ4n) is 2.89. The average Bonchev–Trinajstić information content (AvgIpc) is 3.16. The number of rotatable bonds is 9. The van der Waals surface area contributed by atoms with Crippen LogP contribution in [0.2, 0.25) is 0 Å². The first kappa shape index (κ1) is 20.5. The van der Waals surface area contributed by atoms with Crippen LogP contribution in [0.3, 0.4) is 0 Å². The third-order valence-corrected chi connectivity index (χ3v) is 4.40. The van der Waals surface area contributed by atoms with Gasteiger partial charge in [0.05, 0.1) is 18.9 Å². The van der Waals surface area contributed by atoms with E-state index in [-0.39, 0.29) is 18.5 Å². The predicted molar refractivity (Wildman–Crippen MR) is 109 cm³/mol. The number of fused-ring (bicyclic) bond motifs is 1. The van der Waals surface area contributed by atoms with Crippen LogP contribution in [0.5, 0.6) is 23.0 Å². The van der Waals surface area contributed by atoms with Crippen molar-refractivity contribution in [2.75, 3.05) is 25.3 Å². The zero-order valence-electron chi connectivity index (χ0n) is 16.9. The summed E-state index contributed by atoms with van der Waals surface area (Å²) >= 11 is 0. The molecule has 7 nitrogen and oxygen atoms in total. The molecule has 0 unspecified atom stereocenters. The minimum Gasteiger partial charge on any atom is -0.490 e. The molecule has 1 aliphatic rings. The maximum absolute atomic E-state index is 12.8. The van der Waals surface area contributed by atoms with E-state index in [1.165, 1.54) is 6.92 Å². The van der Waals surface area contributed by atoms with Crippen molar-refractivity contribution in [1.29, 1.82) is 0 Å². The van der Waals surface area contributed by atoms with E-state index in [0.717, 1.165) is 12.8 Å². The van der Waals surface area contributed by atoms with Crippen LogP contribution in [0.15, 0.2) is 30.3 Å². The third-order valence-electron chi connectivity index (χ3n) is 4.40. The number of ether oxygens (including phenoxy) is 4. The Morgan fingerprint density at radius 2 is 1.79 bits per heavy atom. The molecule has 0 saturated carbocycles. The van der Waals surface area contributed by atoms with Gasteiger partial charge in [0.2, 0.25) is 6.79 Å². The Morgan fingerprint density at radius 1 is 1.03 bits per heavy atom. The second-order valence-electron chi connectivity index (χ2n) is 6.56.